The van der Waals surface area contributed by atoms with E-state index in [0.717, 1.165) is 31.6 Å². The summed E-state index contributed by atoms with van der Waals surface area (Å²) >= 11 is 0. The summed E-state index contributed by atoms with van der Waals surface area (Å²) in [6.45, 7) is 14.0. The molecule has 1 fully saturated rings. The van der Waals surface area contributed by atoms with Crippen LogP contribution in [0, 0.1) is 5.92 Å². The van der Waals surface area contributed by atoms with Gasteiger partial charge in [-0.2, -0.15) is 9.78 Å². The first-order valence-corrected chi connectivity index (χ1v) is 8.29. The molecule has 126 valence electrons. The molecule has 0 aromatic rings. The minimum absolute atomic E-state index is 0.363. The zero-order valence-corrected chi connectivity index (χ0v) is 15.0. The predicted octanol–water partition coefficient (Wildman–Crippen LogP) is 5.17. The van der Waals surface area contributed by atoms with E-state index in [1.807, 2.05) is 41.5 Å². The molecule has 1 aliphatic rings. The molecule has 0 heterocycles. The van der Waals surface area contributed by atoms with Crippen LogP contribution in [0.15, 0.2) is 0 Å². The molecule has 0 aromatic carbocycles. The van der Waals surface area contributed by atoms with Crippen molar-refractivity contribution in [2.45, 2.75) is 104 Å². The van der Waals surface area contributed by atoms with Gasteiger partial charge < -0.3 is 0 Å². The quantitative estimate of drug-likeness (QED) is 0.385. The van der Waals surface area contributed by atoms with E-state index in [2.05, 4.69) is 6.92 Å². The molecule has 1 saturated carbocycles. The first-order chi connectivity index (χ1) is 9.55. The van der Waals surface area contributed by atoms with Crippen LogP contribution in [0.4, 0.5) is 0 Å². The predicted molar refractivity (Wildman–Crippen MR) is 83.4 cm³/mol. The van der Waals surface area contributed by atoms with E-state index < -0.39 is 5.79 Å². The first-order valence-electron chi connectivity index (χ1n) is 8.29. The Hall–Kier alpha value is -0.160. The molecule has 0 spiro atoms. The highest BCUT2D eigenvalue weighted by Gasteiger charge is 2.42. The Morgan fingerprint density at radius 1 is 0.857 bits per heavy atom. The van der Waals surface area contributed by atoms with Crippen molar-refractivity contribution in [1.82, 2.24) is 0 Å². The average molecular weight is 302 g/mol. The normalized spacial score (nSPS) is 20.7. The fraction of sp³-hybridized carbons (Fsp3) is 1.00. The monoisotopic (exact) mass is 302 g/mol. The standard InChI is InChI=1S/C17H34O4/c1-8-9-14-10-12-17(13-11-14,20-18-15(2,3)4)21-19-16(5,6)7/h14H,8-13H2,1-7H3. The van der Waals surface area contributed by atoms with Gasteiger partial charge >= 0.3 is 0 Å². The van der Waals surface area contributed by atoms with Crippen LogP contribution in [0.2, 0.25) is 0 Å². The van der Waals surface area contributed by atoms with Crippen molar-refractivity contribution in [1.29, 1.82) is 0 Å². The van der Waals surface area contributed by atoms with Crippen molar-refractivity contribution in [3.63, 3.8) is 0 Å². The molecule has 4 heteroatoms. The van der Waals surface area contributed by atoms with E-state index in [1.165, 1.54) is 12.8 Å². The first kappa shape index (κ1) is 18.9. The van der Waals surface area contributed by atoms with Crippen molar-refractivity contribution in [2.24, 2.45) is 5.92 Å². The van der Waals surface area contributed by atoms with Crippen LogP contribution < -0.4 is 0 Å². The van der Waals surface area contributed by atoms with Crippen molar-refractivity contribution < 1.29 is 19.6 Å². The molecule has 0 radical (unpaired) electrons. The Bertz CT molecular complexity index is 273. The summed E-state index contributed by atoms with van der Waals surface area (Å²) in [5, 5.41) is 0. The summed E-state index contributed by atoms with van der Waals surface area (Å²) in [6.07, 6.45) is 6.31. The molecule has 0 atom stereocenters. The fourth-order valence-corrected chi connectivity index (χ4v) is 2.40. The SMILES string of the molecule is CCCC1CCC(OOC(C)(C)C)(OOC(C)(C)C)CC1. The van der Waals surface area contributed by atoms with Gasteiger partial charge in [-0.15, -0.1) is 0 Å². The van der Waals surface area contributed by atoms with Gasteiger partial charge in [0.1, 0.15) is 0 Å². The lowest BCUT2D eigenvalue weighted by Gasteiger charge is -2.39. The minimum atomic E-state index is -0.773. The zero-order valence-electron chi connectivity index (χ0n) is 15.0. The van der Waals surface area contributed by atoms with Crippen LogP contribution in [0.3, 0.4) is 0 Å². The number of hydrogen-bond donors (Lipinski definition) is 0. The maximum absolute atomic E-state index is 5.71. The topological polar surface area (TPSA) is 36.9 Å². The van der Waals surface area contributed by atoms with Crippen LogP contribution in [0.25, 0.3) is 0 Å². The van der Waals surface area contributed by atoms with E-state index in [9.17, 15) is 0 Å². The molecule has 4 nitrogen and oxygen atoms in total. The Balaban J connectivity index is 2.63. The lowest BCUT2D eigenvalue weighted by atomic mass is 9.83. The van der Waals surface area contributed by atoms with Gasteiger partial charge in [-0.1, -0.05) is 19.8 Å². The van der Waals surface area contributed by atoms with Crippen LogP contribution in [-0.4, -0.2) is 17.0 Å². The lowest BCUT2D eigenvalue weighted by molar-refractivity contribution is -0.546. The Morgan fingerprint density at radius 3 is 1.62 bits per heavy atom. The van der Waals surface area contributed by atoms with E-state index in [1.54, 1.807) is 0 Å². The van der Waals surface area contributed by atoms with Gasteiger partial charge in [0.05, 0.1) is 11.2 Å². The molecule has 0 N–H and O–H groups in total. The highest BCUT2D eigenvalue weighted by molar-refractivity contribution is 4.79. The van der Waals surface area contributed by atoms with Crippen LogP contribution in [0.5, 0.6) is 0 Å². The molecule has 0 aliphatic heterocycles. The van der Waals surface area contributed by atoms with Crippen molar-refractivity contribution >= 4 is 0 Å². The maximum atomic E-state index is 5.71. The third-order valence-corrected chi connectivity index (χ3v) is 3.45. The van der Waals surface area contributed by atoms with Crippen LogP contribution in [-0.2, 0) is 19.6 Å². The smallest absolute Gasteiger partial charge is 0.228 e. The van der Waals surface area contributed by atoms with E-state index in [4.69, 9.17) is 19.6 Å². The molecule has 0 saturated heterocycles. The zero-order chi connectivity index (χ0) is 16.1. The highest BCUT2D eigenvalue weighted by atomic mass is 17.3. The van der Waals surface area contributed by atoms with Gasteiger partial charge in [-0.05, 0) is 60.3 Å². The summed E-state index contributed by atoms with van der Waals surface area (Å²) in [5.74, 6) is -0.00950. The number of hydrogen-bond acceptors (Lipinski definition) is 4. The van der Waals surface area contributed by atoms with Crippen LogP contribution in [0.1, 0.15) is 87.0 Å². The van der Waals surface area contributed by atoms with Gasteiger partial charge in [0.25, 0.3) is 0 Å². The van der Waals surface area contributed by atoms with E-state index in [0.29, 0.717) is 0 Å². The summed E-state index contributed by atoms with van der Waals surface area (Å²) in [4.78, 5) is 22.5. The fourth-order valence-electron chi connectivity index (χ4n) is 2.40. The maximum Gasteiger partial charge on any atom is 0.234 e. The molecule has 1 aliphatic carbocycles. The molecule has 0 bridgehead atoms. The second-order valence-electron chi connectivity index (χ2n) is 8.20. The third kappa shape index (κ3) is 7.59. The summed E-state index contributed by atoms with van der Waals surface area (Å²) in [5.41, 5.74) is -0.725. The molecule has 21 heavy (non-hydrogen) atoms. The summed E-state index contributed by atoms with van der Waals surface area (Å²) in [7, 11) is 0. The van der Waals surface area contributed by atoms with Crippen molar-refractivity contribution in [3.05, 3.63) is 0 Å². The third-order valence-electron chi connectivity index (χ3n) is 3.45. The molecule has 0 unspecified atom stereocenters. The highest BCUT2D eigenvalue weighted by Crippen LogP contribution is 2.39. The molecule has 1 rings (SSSR count). The Morgan fingerprint density at radius 2 is 1.29 bits per heavy atom. The Kier molecular flexibility index (Phi) is 6.66. The van der Waals surface area contributed by atoms with Crippen molar-refractivity contribution in [3.8, 4) is 0 Å². The second-order valence-corrected chi connectivity index (χ2v) is 8.20. The van der Waals surface area contributed by atoms with E-state index >= 15 is 0 Å². The van der Waals surface area contributed by atoms with Gasteiger partial charge in [0.15, 0.2) is 0 Å². The molecular weight excluding hydrogens is 268 g/mol. The number of rotatable bonds is 6. The lowest BCUT2D eigenvalue weighted by Crippen LogP contribution is -2.43. The minimum Gasteiger partial charge on any atom is -0.228 e. The van der Waals surface area contributed by atoms with Gasteiger partial charge in [0.2, 0.25) is 5.79 Å². The van der Waals surface area contributed by atoms with Gasteiger partial charge in [-0.3, -0.25) is 0 Å². The van der Waals surface area contributed by atoms with Crippen molar-refractivity contribution in [2.75, 3.05) is 0 Å². The molecule has 0 amide bonds. The van der Waals surface area contributed by atoms with Gasteiger partial charge in [-0.25, -0.2) is 9.78 Å². The summed E-state index contributed by atoms with van der Waals surface area (Å²) < 4.78 is 0. The van der Waals surface area contributed by atoms with Crippen LogP contribution >= 0.6 is 0 Å². The summed E-state index contributed by atoms with van der Waals surface area (Å²) in [6, 6.07) is 0. The largest absolute Gasteiger partial charge is 0.234 e. The molecule has 0 aromatic heterocycles. The molecular formula is C17H34O4. The van der Waals surface area contributed by atoms with Gasteiger partial charge in [0, 0.05) is 12.8 Å². The van der Waals surface area contributed by atoms with E-state index in [-0.39, 0.29) is 11.2 Å². The second kappa shape index (κ2) is 7.40. The Labute approximate surface area is 130 Å². The average Bonchev–Trinajstić information content (AvgIpc) is 2.35.